The quantitative estimate of drug-likeness (QED) is 0.674. The Bertz CT molecular complexity index is 1240. The Kier molecular flexibility index (Phi) is 4.55. The molecule has 158 valence electrons. The number of aromatic nitrogens is 1. The number of para-hydroxylation sites is 1. The lowest BCUT2D eigenvalue weighted by molar-refractivity contribution is -0.117. The molecule has 2 aliphatic heterocycles. The SMILES string of the molecule is Cc1ccc2nc(NC(=O)CCN3C(=O)c4ccccc4N4C(=O)CCC34C)sc2c1. The van der Waals surface area contributed by atoms with Crippen LogP contribution in [0.5, 0.6) is 0 Å². The first kappa shape index (κ1) is 19.7. The first-order chi connectivity index (χ1) is 14.9. The first-order valence-electron chi connectivity index (χ1n) is 10.3. The summed E-state index contributed by atoms with van der Waals surface area (Å²) < 4.78 is 1.02. The van der Waals surface area contributed by atoms with Gasteiger partial charge in [-0.2, -0.15) is 0 Å². The lowest BCUT2D eigenvalue weighted by Crippen LogP contribution is -2.62. The molecule has 1 aromatic heterocycles. The molecular weight excluding hydrogens is 412 g/mol. The zero-order chi connectivity index (χ0) is 21.8. The van der Waals surface area contributed by atoms with Crippen LogP contribution in [0.3, 0.4) is 0 Å². The molecule has 1 unspecified atom stereocenters. The van der Waals surface area contributed by atoms with Crippen molar-refractivity contribution >= 4 is 50.1 Å². The maximum Gasteiger partial charge on any atom is 0.257 e. The maximum atomic E-state index is 13.2. The third kappa shape index (κ3) is 3.18. The predicted octanol–water partition coefficient (Wildman–Crippen LogP) is 3.93. The van der Waals surface area contributed by atoms with E-state index in [0.717, 1.165) is 15.8 Å². The average molecular weight is 435 g/mol. The van der Waals surface area contributed by atoms with Gasteiger partial charge in [0.25, 0.3) is 5.91 Å². The molecule has 1 fully saturated rings. The van der Waals surface area contributed by atoms with E-state index >= 15 is 0 Å². The van der Waals surface area contributed by atoms with Crippen LogP contribution in [0, 0.1) is 6.92 Å². The van der Waals surface area contributed by atoms with Crippen molar-refractivity contribution in [3.8, 4) is 0 Å². The van der Waals surface area contributed by atoms with Gasteiger partial charge in [0.1, 0.15) is 5.66 Å². The summed E-state index contributed by atoms with van der Waals surface area (Å²) in [6, 6.07) is 13.1. The van der Waals surface area contributed by atoms with Crippen LogP contribution < -0.4 is 10.2 Å². The van der Waals surface area contributed by atoms with E-state index in [-0.39, 0.29) is 30.7 Å². The van der Waals surface area contributed by atoms with Gasteiger partial charge in [0.05, 0.1) is 21.5 Å². The number of aryl methyl sites for hydroxylation is 1. The molecule has 7 nitrogen and oxygen atoms in total. The molecule has 1 N–H and O–H groups in total. The van der Waals surface area contributed by atoms with Crippen LogP contribution in [0.4, 0.5) is 10.8 Å². The number of nitrogens with one attached hydrogen (secondary N) is 1. The maximum absolute atomic E-state index is 13.2. The van der Waals surface area contributed by atoms with Gasteiger partial charge in [0.15, 0.2) is 5.13 Å². The molecule has 8 heteroatoms. The summed E-state index contributed by atoms with van der Waals surface area (Å²) in [5, 5.41) is 3.40. The molecule has 2 aromatic carbocycles. The van der Waals surface area contributed by atoms with Gasteiger partial charge in [-0.1, -0.05) is 29.5 Å². The minimum Gasteiger partial charge on any atom is -0.315 e. The summed E-state index contributed by atoms with van der Waals surface area (Å²) in [6.45, 7) is 4.14. The summed E-state index contributed by atoms with van der Waals surface area (Å²) >= 11 is 1.43. The molecule has 2 aliphatic rings. The van der Waals surface area contributed by atoms with Crippen LogP contribution in [0.15, 0.2) is 42.5 Å². The predicted molar refractivity (Wildman–Crippen MR) is 120 cm³/mol. The third-order valence-corrected chi connectivity index (χ3v) is 7.03. The zero-order valence-electron chi connectivity index (χ0n) is 17.3. The van der Waals surface area contributed by atoms with E-state index in [1.54, 1.807) is 21.9 Å². The molecule has 0 aliphatic carbocycles. The van der Waals surface area contributed by atoms with Crippen molar-refractivity contribution < 1.29 is 14.4 Å². The fraction of sp³-hybridized carbons (Fsp3) is 0.304. The number of hydrogen-bond donors (Lipinski definition) is 1. The average Bonchev–Trinajstić information content (AvgIpc) is 3.27. The van der Waals surface area contributed by atoms with Crippen molar-refractivity contribution in [3.63, 3.8) is 0 Å². The smallest absolute Gasteiger partial charge is 0.257 e. The first-order valence-corrected chi connectivity index (χ1v) is 11.1. The number of fused-ring (bicyclic) bond motifs is 4. The van der Waals surface area contributed by atoms with Crippen molar-refractivity contribution in [2.24, 2.45) is 0 Å². The van der Waals surface area contributed by atoms with E-state index in [0.29, 0.717) is 29.2 Å². The Balaban J connectivity index is 1.35. The molecule has 3 amide bonds. The highest BCUT2D eigenvalue weighted by Gasteiger charge is 2.52. The Morgan fingerprint density at radius 2 is 2.03 bits per heavy atom. The lowest BCUT2D eigenvalue weighted by atomic mass is 9.98. The van der Waals surface area contributed by atoms with Crippen LogP contribution in [-0.2, 0) is 9.59 Å². The van der Waals surface area contributed by atoms with Crippen LogP contribution in [0.25, 0.3) is 10.2 Å². The number of nitrogens with zero attached hydrogens (tertiary/aromatic N) is 3. The Labute approximate surface area is 183 Å². The molecule has 3 aromatic rings. The number of thiazole rings is 1. The molecule has 1 atom stereocenters. The molecule has 31 heavy (non-hydrogen) atoms. The van der Waals surface area contributed by atoms with E-state index in [4.69, 9.17) is 0 Å². The summed E-state index contributed by atoms with van der Waals surface area (Å²) in [7, 11) is 0. The van der Waals surface area contributed by atoms with Gasteiger partial charge in [-0.3, -0.25) is 19.3 Å². The zero-order valence-corrected chi connectivity index (χ0v) is 18.2. The van der Waals surface area contributed by atoms with Gasteiger partial charge in [0, 0.05) is 19.4 Å². The molecule has 5 rings (SSSR count). The van der Waals surface area contributed by atoms with Crippen molar-refractivity contribution in [3.05, 3.63) is 53.6 Å². The highest BCUT2D eigenvalue weighted by Crippen LogP contribution is 2.44. The number of anilines is 2. The van der Waals surface area contributed by atoms with Crippen molar-refractivity contribution in [2.75, 3.05) is 16.8 Å². The van der Waals surface area contributed by atoms with E-state index in [1.807, 2.05) is 44.2 Å². The number of amides is 3. The van der Waals surface area contributed by atoms with Crippen molar-refractivity contribution in [1.82, 2.24) is 9.88 Å². The molecule has 0 saturated carbocycles. The van der Waals surface area contributed by atoms with Crippen LogP contribution in [0.1, 0.15) is 42.1 Å². The molecule has 1 saturated heterocycles. The Morgan fingerprint density at radius 3 is 2.87 bits per heavy atom. The molecule has 0 radical (unpaired) electrons. The minimum atomic E-state index is -0.754. The topological polar surface area (TPSA) is 82.6 Å². The monoisotopic (exact) mass is 434 g/mol. The van der Waals surface area contributed by atoms with Crippen LogP contribution >= 0.6 is 11.3 Å². The fourth-order valence-corrected chi connectivity index (χ4v) is 5.50. The van der Waals surface area contributed by atoms with E-state index in [2.05, 4.69) is 10.3 Å². The van der Waals surface area contributed by atoms with E-state index in [1.165, 1.54) is 11.3 Å². The second kappa shape index (κ2) is 7.16. The molecular formula is C23H22N4O3S. The second-order valence-corrected chi connectivity index (χ2v) is 9.24. The van der Waals surface area contributed by atoms with Crippen molar-refractivity contribution in [1.29, 1.82) is 0 Å². The van der Waals surface area contributed by atoms with Gasteiger partial charge < -0.3 is 10.2 Å². The molecule has 3 heterocycles. The molecule has 0 bridgehead atoms. The second-order valence-electron chi connectivity index (χ2n) is 8.21. The van der Waals surface area contributed by atoms with Gasteiger partial charge in [-0.15, -0.1) is 0 Å². The number of carbonyl (C=O) groups excluding carboxylic acids is 3. The van der Waals surface area contributed by atoms with Crippen LogP contribution in [0.2, 0.25) is 0 Å². The Morgan fingerprint density at radius 1 is 1.23 bits per heavy atom. The van der Waals surface area contributed by atoms with E-state index in [9.17, 15) is 14.4 Å². The lowest BCUT2D eigenvalue weighted by Gasteiger charge is -2.48. The summed E-state index contributed by atoms with van der Waals surface area (Å²) in [4.78, 5) is 46.4. The normalized spacial score (nSPS) is 20.2. The number of benzene rings is 2. The highest BCUT2D eigenvalue weighted by atomic mass is 32.1. The van der Waals surface area contributed by atoms with Crippen molar-refractivity contribution in [2.45, 2.75) is 38.8 Å². The minimum absolute atomic E-state index is 0.00155. The summed E-state index contributed by atoms with van der Waals surface area (Å²) in [6.07, 6.45) is 1.05. The van der Waals surface area contributed by atoms with Gasteiger partial charge in [-0.25, -0.2) is 4.98 Å². The van der Waals surface area contributed by atoms with Crippen LogP contribution in [-0.4, -0.2) is 39.8 Å². The largest absolute Gasteiger partial charge is 0.315 e. The number of rotatable bonds is 4. The van der Waals surface area contributed by atoms with Gasteiger partial charge in [0.2, 0.25) is 11.8 Å². The standard InChI is InChI=1S/C23H22N4O3S/c1-14-7-8-16-18(13-14)31-22(24-16)25-19(28)10-12-26-21(30)15-5-3-4-6-17(15)27-20(29)9-11-23(26,27)2/h3-8,13H,9-12H2,1-2H3,(H,24,25,28). The Hall–Kier alpha value is -3.26. The number of carbonyl (C=O) groups is 3. The fourth-order valence-electron chi connectivity index (χ4n) is 4.52. The summed E-state index contributed by atoms with van der Waals surface area (Å²) in [5.41, 5.74) is 2.39. The van der Waals surface area contributed by atoms with Gasteiger partial charge in [-0.05, 0) is 50.1 Å². The van der Waals surface area contributed by atoms with E-state index < -0.39 is 5.66 Å². The highest BCUT2D eigenvalue weighted by molar-refractivity contribution is 7.22. The molecule has 0 spiro atoms. The summed E-state index contributed by atoms with van der Waals surface area (Å²) in [5.74, 6) is -0.351. The van der Waals surface area contributed by atoms with Gasteiger partial charge >= 0.3 is 0 Å². The third-order valence-electron chi connectivity index (χ3n) is 6.10. The number of hydrogen-bond acceptors (Lipinski definition) is 5.